The van der Waals surface area contributed by atoms with Gasteiger partial charge in [-0.25, -0.2) is 4.98 Å². The van der Waals surface area contributed by atoms with Crippen LogP contribution in [-0.2, 0) is 0 Å². The third-order valence-corrected chi connectivity index (χ3v) is 4.78. The molecule has 29 heavy (non-hydrogen) atoms. The van der Waals surface area contributed by atoms with Crippen LogP contribution in [0.15, 0.2) is 59.5 Å². The maximum atomic E-state index is 12.6. The first-order chi connectivity index (χ1) is 13.9. The summed E-state index contributed by atoms with van der Waals surface area (Å²) in [5, 5.41) is 18.0. The lowest BCUT2D eigenvalue weighted by atomic mass is 10.3. The molecule has 0 fully saturated rings. The zero-order chi connectivity index (χ0) is 20.5. The fraction of sp³-hybridized carbons (Fsp3) is 0.105. The summed E-state index contributed by atoms with van der Waals surface area (Å²) in [4.78, 5) is 30.7. The second-order valence-electron chi connectivity index (χ2n) is 6.37. The van der Waals surface area contributed by atoms with Gasteiger partial charge in [0.2, 0.25) is 0 Å². The Morgan fingerprint density at radius 2 is 1.93 bits per heavy atom. The number of hydrogen-bond acceptors (Lipinski definition) is 6. The van der Waals surface area contributed by atoms with Crippen molar-refractivity contribution in [2.45, 2.75) is 13.0 Å². The molecule has 2 heterocycles. The molecule has 9 nitrogen and oxygen atoms in total. The van der Waals surface area contributed by atoms with Gasteiger partial charge in [-0.1, -0.05) is 23.7 Å². The van der Waals surface area contributed by atoms with Gasteiger partial charge in [0, 0.05) is 12.1 Å². The van der Waals surface area contributed by atoms with E-state index in [1.165, 1.54) is 30.5 Å². The Labute approximate surface area is 169 Å². The van der Waals surface area contributed by atoms with Crippen molar-refractivity contribution in [1.29, 1.82) is 0 Å². The number of rotatable bonds is 5. The topological polar surface area (TPSA) is 119 Å². The number of para-hydroxylation sites is 2. The summed E-state index contributed by atoms with van der Waals surface area (Å²) in [6.45, 7) is 1.88. The molecule has 1 atom stereocenters. The van der Waals surface area contributed by atoms with Crippen LogP contribution < -0.4 is 10.9 Å². The molecule has 0 radical (unpaired) electrons. The molecule has 0 aliphatic carbocycles. The standard InChI is InChI=1S/C19H15ClN6O3/c1-11(18-23-14-4-2-3-5-15(14)24-18)22-16-10-21-25(19(27)17(16)20)12-6-8-13(9-7-12)26(28)29/h2-11,22H,1H3,(H,23,24). The first-order valence-corrected chi connectivity index (χ1v) is 9.05. The summed E-state index contributed by atoms with van der Waals surface area (Å²) >= 11 is 6.27. The lowest BCUT2D eigenvalue weighted by molar-refractivity contribution is -0.384. The van der Waals surface area contributed by atoms with Crippen LogP contribution in [0.3, 0.4) is 0 Å². The molecule has 0 saturated carbocycles. The first-order valence-electron chi connectivity index (χ1n) is 8.68. The van der Waals surface area contributed by atoms with Crippen molar-refractivity contribution in [3.05, 3.63) is 86.0 Å². The SMILES string of the molecule is CC(Nc1cnn(-c2ccc([N+](=O)[O-])cc2)c(=O)c1Cl)c1nc2ccccc2[nH]1. The maximum Gasteiger partial charge on any atom is 0.292 e. The molecular weight excluding hydrogens is 396 g/mol. The Morgan fingerprint density at radius 3 is 2.62 bits per heavy atom. The number of non-ortho nitro benzene ring substituents is 1. The van der Waals surface area contributed by atoms with Crippen LogP contribution >= 0.6 is 11.6 Å². The molecule has 0 saturated heterocycles. The van der Waals surface area contributed by atoms with E-state index in [-0.39, 0.29) is 16.8 Å². The zero-order valence-electron chi connectivity index (χ0n) is 15.2. The average Bonchev–Trinajstić information content (AvgIpc) is 3.16. The molecule has 0 spiro atoms. The van der Waals surface area contributed by atoms with E-state index in [0.29, 0.717) is 17.2 Å². The molecule has 2 N–H and O–H groups in total. The van der Waals surface area contributed by atoms with E-state index in [2.05, 4.69) is 20.4 Å². The molecule has 2 aromatic carbocycles. The minimum atomic E-state index is -0.540. The lowest BCUT2D eigenvalue weighted by Gasteiger charge is -2.14. The highest BCUT2D eigenvalue weighted by molar-refractivity contribution is 6.33. The van der Waals surface area contributed by atoms with E-state index >= 15 is 0 Å². The number of nitro groups is 1. The number of nitrogens with one attached hydrogen (secondary N) is 2. The smallest absolute Gasteiger partial charge is 0.292 e. The fourth-order valence-corrected chi connectivity index (χ4v) is 3.10. The van der Waals surface area contributed by atoms with Crippen LogP contribution in [0.1, 0.15) is 18.8 Å². The molecule has 10 heteroatoms. The van der Waals surface area contributed by atoms with Gasteiger partial charge in [-0.2, -0.15) is 9.78 Å². The molecule has 0 aliphatic rings. The van der Waals surface area contributed by atoms with Gasteiger partial charge in [-0.15, -0.1) is 0 Å². The molecular formula is C19H15ClN6O3. The summed E-state index contributed by atoms with van der Waals surface area (Å²) in [5.41, 5.74) is 1.87. The highest BCUT2D eigenvalue weighted by atomic mass is 35.5. The van der Waals surface area contributed by atoms with E-state index in [1.54, 1.807) is 0 Å². The maximum absolute atomic E-state index is 12.6. The van der Waals surface area contributed by atoms with Gasteiger partial charge < -0.3 is 10.3 Å². The Morgan fingerprint density at radius 1 is 1.21 bits per heavy atom. The number of imidazole rings is 1. The van der Waals surface area contributed by atoms with Crippen LogP contribution in [0.4, 0.5) is 11.4 Å². The summed E-state index contributed by atoms with van der Waals surface area (Å²) in [7, 11) is 0. The second kappa shape index (κ2) is 7.36. The van der Waals surface area contributed by atoms with Gasteiger partial charge in [-0.3, -0.25) is 14.9 Å². The van der Waals surface area contributed by atoms with E-state index in [1.807, 2.05) is 31.2 Å². The van der Waals surface area contributed by atoms with Crippen molar-refractivity contribution in [2.24, 2.45) is 0 Å². The van der Waals surface area contributed by atoms with Crippen LogP contribution in [0, 0.1) is 10.1 Å². The summed E-state index contributed by atoms with van der Waals surface area (Å²) < 4.78 is 1.09. The second-order valence-corrected chi connectivity index (χ2v) is 6.75. The van der Waals surface area contributed by atoms with Crippen LogP contribution in [0.2, 0.25) is 5.02 Å². The quantitative estimate of drug-likeness (QED) is 0.381. The number of nitrogens with zero attached hydrogens (tertiary/aromatic N) is 4. The number of H-pyrrole nitrogens is 1. The van der Waals surface area contributed by atoms with E-state index < -0.39 is 10.5 Å². The Hall–Kier alpha value is -3.72. The van der Waals surface area contributed by atoms with Gasteiger partial charge in [0.25, 0.3) is 11.2 Å². The molecule has 1 unspecified atom stereocenters. The van der Waals surface area contributed by atoms with E-state index in [4.69, 9.17) is 11.6 Å². The van der Waals surface area contributed by atoms with Crippen LogP contribution in [0.5, 0.6) is 0 Å². The minimum absolute atomic E-state index is 0.0405. The molecule has 4 aromatic rings. The average molecular weight is 411 g/mol. The fourth-order valence-electron chi connectivity index (χ4n) is 2.91. The van der Waals surface area contributed by atoms with E-state index in [0.717, 1.165) is 15.7 Å². The van der Waals surface area contributed by atoms with E-state index in [9.17, 15) is 14.9 Å². The van der Waals surface area contributed by atoms with Crippen LogP contribution in [0.25, 0.3) is 16.7 Å². The Kier molecular flexibility index (Phi) is 4.73. The molecule has 0 aliphatic heterocycles. The molecule has 2 aromatic heterocycles. The van der Waals surface area contributed by atoms with Crippen molar-refractivity contribution in [3.8, 4) is 5.69 Å². The predicted molar refractivity (Wildman–Crippen MR) is 110 cm³/mol. The number of fused-ring (bicyclic) bond motifs is 1. The van der Waals surface area contributed by atoms with Gasteiger partial charge in [0.1, 0.15) is 10.8 Å². The largest absolute Gasteiger partial charge is 0.373 e. The summed E-state index contributed by atoms with van der Waals surface area (Å²) in [5.74, 6) is 0.696. The Balaban J connectivity index is 1.61. The molecule has 0 amide bonds. The van der Waals surface area contributed by atoms with Crippen LogP contribution in [-0.4, -0.2) is 24.7 Å². The van der Waals surface area contributed by atoms with Crippen molar-refractivity contribution in [2.75, 3.05) is 5.32 Å². The summed E-state index contributed by atoms with van der Waals surface area (Å²) in [6, 6.07) is 12.9. The normalized spacial score (nSPS) is 12.1. The van der Waals surface area contributed by atoms with Crippen molar-refractivity contribution >= 4 is 34.0 Å². The third kappa shape index (κ3) is 3.55. The van der Waals surface area contributed by atoms with Gasteiger partial charge in [0.15, 0.2) is 0 Å². The number of aromatic amines is 1. The van der Waals surface area contributed by atoms with Gasteiger partial charge >= 0.3 is 0 Å². The number of nitro benzene ring substituents is 1. The van der Waals surface area contributed by atoms with Gasteiger partial charge in [0.05, 0.1) is 39.6 Å². The Bertz CT molecular complexity index is 1230. The predicted octanol–water partition coefficient (Wildman–Crippen LogP) is 3.84. The highest BCUT2D eigenvalue weighted by Gasteiger charge is 2.16. The number of aromatic nitrogens is 4. The number of anilines is 1. The van der Waals surface area contributed by atoms with Crippen molar-refractivity contribution < 1.29 is 4.92 Å². The summed E-state index contributed by atoms with van der Waals surface area (Å²) in [6.07, 6.45) is 1.43. The number of hydrogen-bond donors (Lipinski definition) is 2. The zero-order valence-corrected chi connectivity index (χ0v) is 15.9. The molecule has 0 bridgehead atoms. The monoisotopic (exact) mass is 410 g/mol. The first kappa shape index (κ1) is 18.6. The number of halogens is 1. The highest BCUT2D eigenvalue weighted by Crippen LogP contribution is 2.24. The lowest BCUT2D eigenvalue weighted by Crippen LogP contribution is -2.23. The molecule has 4 rings (SSSR count). The van der Waals surface area contributed by atoms with Gasteiger partial charge in [-0.05, 0) is 31.2 Å². The molecule has 146 valence electrons. The number of benzene rings is 2. The minimum Gasteiger partial charge on any atom is -0.373 e. The third-order valence-electron chi connectivity index (χ3n) is 4.41. The van der Waals surface area contributed by atoms with Crippen molar-refractivity contribution in [3.63, 3.8) is 0 Å². The van der Waals surface area contributed by atoms with Crippen molar-refractivity contribution in [1.82, 2.24) is 19.7 Å².